The van der Waals surface area contributed by atoms with E-state index in [9.17, 15) is 9.59 Å². The summed E-state index contributed by atoms with van der Waals surface area (Å²) in [4.78, 5) is 23.7. The molecule has 5 heteroatoms. The van der Waals surface area contributed by atoms with Gasteiger partial charge in [-0.15, -0.1) is 0 Å². The molecule has 0 unspecified atom stereocenters. The van der Waals surface area contributed by atoms with E-state index in [-0.39, 0.29) is 12.2 Å². The molecule has 0 heterocycles. The molecule has 20 heavy (non-hydrogen) atoms. The van der Waals surface area contributed by atoms with E-state index in [1.807, 2.05) is 0 Å². The van der Waals surface area contributed by atoms with Crippen LogP contribution in [0.1, 0.15) is 64.2 Å². The van der Waals surface area contributed by atoms with E-state index in [4.69, 9.17) is 15.2 Å². The standard InChI is InChI=1S/C15H25NO4/c16-13(14(17)19-11-7-3-1-4-8-11)15(18)20-12-9-5-2-6-10-12/h11-13H,1-10,16H2. The number of esters is 2. The van der Waals surface area contributed by atoms with Crippen LogP contribution in [-0.4, -0.2) is 30.2 Å². The lowest BCUT2D eigenvalue weighted by molar-refractivity contribution is -0.164. The first-order valence-electron chi connectivity index (χ1n) is 7.83. The molecule has 0 amide bonds. The maximum atomic E-state index is 11.8. The Hall–Kier alpha value is -1.10. The summed E-state index contributed by atoms with van der Waals surface area (Å²) < 4.78 is 10.6. The predicted molar refractivity (Wildman–Crippen MR) is 73.9 cm³/mol. The Morgan fingerprint density at radius 3 is 1.45 bits per heavy atom. The highest BCUT2D eigenvalue weighted by molar-refractivity contribution is 5.99. The van der Waals surface area contributed by atoms with E-state index in [1.165, 1.54) is 12.8 Å². The van der Waals surface area contributed by atoms with Gasteiger partial charge in [0.2, 0.25) is 6.04 Å². The largest absolute Gasteiger partial charge is 0.461 e. The van der Waals surface area contributed by atoms with Gasteiger partial charge >= 0.3 is 11.9 Å². The third-order valence-electron chi connectivity index (χ3n) is 4.18. The second-order valence-corrected chi connectivity index (χ2v) is 5.87. The Morgan fingerprint density at radius 2 is 1.10 bits per heavy atom. The number of rotatable bonds is 4. The van der Waals surface area contributed by atoms with Gasteiger partial charge in [0.25, 0.3) is 0 Å². The fourth-order valence-electron chi connectivity index (χ4n) is 2.94. The molecule has 2 fully saturated rings. The first-order chi connectivity index (χ1) is 9.66. The molecule has 0 aliphatic heterocycles. The zero-order chi connectivity index (χ0) is 14.4. The average molecular weight is 283 g/mol. The summed E-state index contributed by atoms with van der Waals surface area (Å²) in [6.45, 7) is 0. The number of hydrogen-bond acceptors (Lipinski definition) is 5. The van der Waals surface area contributed by atoms with Crippen LogP contribution in [0.4, 0.5) is 0 Å². The highest BCUT2D eigenvalue weighted by atomic mass is 16.6. The van der Waals surface area contributed by atoms with Crippen molar-refractivity contribution in [2.24, 2.45) is 5.73 Å². The first kappa shape index (κ1) is 15.3. The summed E-state index contributed by atoms with van der Waals surface area (Å²) in [5.41, 5.74) is 5.65. The van der Waals surface area contributed by atoms with Crippen molar-refractivity contribution in [3.05, 3.63) is 0 Å². The zero-order valence-corrected chi connectivity index (χ0v) is 12.0. The molecule has 2 aliphatic carbocycles. The zero-order valence-electron chi connectivity index (χ0n) is 12.0. The molecule has 0 aromatic rings. The average Bonchev–Trinajstić information content (AvgIpc) is 2.48. The Balaban J connectivity index is 1.74. The van der Waals surface area contributed by atoms with Gasteiger partial charge in [0.05, 0.1) is 0 Å². The molecule has 0 bridgehead atoms. The van der Waals surface area contributed by atoms with E-state index >= 15 is 0 Å². The summed E-state index contributed by atoms with van der Waals surface area (Å²) in [5.74, 6) is -1.28. The van der Waals surface area contributed by atoms with Crippen molar-refractivity contribution < 1.29 is 19.1 Å². The van der Waals surface area contributed by atoms with Crippen LogP contribution in [0.3, 0.4) is 0 Å². The number of ether oxygens (including phenoxy) is 2. The highest BCUT2D eigenvalue weighted by Crippen LogP contribution is 2.22. The highest BCUT2D eigenvalue weighted by Gasteiger charge is 2.30. The van der Waals surface area contributed by atoms with Crippen LogP contribution in [0.5, 0.6) is 0 Å². The van der Waals surface area contributed by atoms with Crippen LogP contribution in [0, 0.1) is 0 Å². The predicted octanol–water partition coefficient (Wildman–Crippen LogP) is 2.07. The molecule has 114 valence electrons. The van der Waals surface area contributed by atoms with Crippen LogP contribution in [0.25, 0.3) is 0 Å². The molecular formula is C15H25NO4. The van der Waals surface area contributed by atoms with Crippen LogP contribution < -0.4 is 5.73 Å². The Kier molecular flexibility index (Phi) is 5.83. The number of carbonyl (C=O) groups excluding carboxylic acids is 2. The van der Waals surface area contributed by atoms with Crippen molar-refractivity contribution in [2.75, 3.05) is 0 Å². The van der Waals surface area contributed by atoms with E-state index in [1.54, 1.807) is 0 Å². The van der Waals surface area contributed by atoms with Gasteiger partial charge in [-0.3, -0.25) is 0 Å². The third kappa shape index (κ3) is 4.47. The maximum Gasteiger partial charge on any atom is 0.334 e. The molecule has 0 saturated heterocycles. The molecule has 2 rings (SSSR count). The van der Waals surface area contributed by atoms with Crippen molar-refractivity contribution >= 4 is 11.9 Å². The Bertz CT molecular complexity index is 301. The number of hydrogen-bond donors (Lipinski definition) is 1. The first-order valence-corrected chi connectivity index (χ1v) is 7.83. The van der Waals surface area contributed by atoms with Crippen molar-refractivity contribution in [1.82, 2.24) is 0 Å². The quantitative estimate of drug-likeness (QED) is 0.631. The Labute approximate surface area is 120 Å². The third-order valence-corrected chi connectivity index (χ3v) is 4.18. The fourth-order valence-corrected chi connectivity index (χ4v) is 2.94. The summed E-state index contributed by atoms with van der Waals surface area (Å²) in [5, 5.41) is 0. The van der Waals surface area contributed by atoms with E-state index in [2.05, 4.69) is 0 Å². The normalized spacial score (nSPS) is 21.7. The van der Waals surface area contributed by atoms with Gasteiger partial charge in [-0.25, -0.2) is 9.59 Å². The number of nitrogens with two attached hydrogens (primary N) is 1. The van der Waals surface area contributed by atoms with Crippen molar-refractivity contribution in [1.29, 1.82) is 0 Å². The topological polar surface area (TPSA) is 78.6 Å². The molecule has 2 aliphatic rings. The van der Waals surface area contributed by atoms with E-state index in [0.717, 1.165) is 51.4 Å². The summed E-state index contributed by atoms with van der Waals surface area (Å²) in [6.07, 6.45) is 9.97. The van der Waals surface area contributed by atoms with Gasteiger partial charge < -0.3 is 15.2 Å². The SMILES string of the molecule is NC(C(=O)OC1CCCCC1)C(=O)OC1CCCCC1. The van der Waals surface area contributed by atoms with Crippen molar-refractivity contribution in [2.45, 2.75) is 82.5 Å². The summed E-state index contributed by atoms with van der Waals surface area (Å²) in [7, 11) is 0. The van der Waals surface area contributed by atoms with E-state index < -0.39 is 18.0 Å². The van der Waals surface area contributed by atoms with Crippen LogP contribution in [0.15, 0.2) is 0 Å². The van der Waals surface area contributed by atoms with Crippen molar-refractivity contribution in [3.63, 3.8) is 0 Å². The van der Waals surface area contributed by atoms with Gasteiger partial charge in [-0.1, -0.05) is 12.8 Å². The van der Waals surface area contributed by atoms with Gasteiger partial charge in [0, 0.05) is 0 Å². The molecule has 0 spiro atoms. The van der Waals surface area contributed by atoms with Gasteiger partial charge in [0.1, 0.15) is 12.2 Å². The maximum absolute atomic E-state index is 11.8. The van der Waals surface area contributed by atoms with Crippen LogP contribution in [-0.2, 0) is 19.1 Å². The molecule has 2 N–H and O–H groups in total. The minimum Gasteiger partial charge on any atom is -0.461 e. The lowest BCUT2D eigenvalue weighted by Gasteiger charge is -2.25. The smallest absolute Gasteiger partial charge is 0.334 e. The monoisotopic (exact) mass is 283 g/mol. The summed E-state index contributed by atoms with van der Waals surface area (Å²) >= 11 is 0. The molecule has 0 atom stereocenters. The van der Waals surface area contributed by atoms with Crippen molar-refractivity contribution in [3.8, 4) is 0 Å². The van der Waals surface area contributed by atoms with Crippen LogP contribution >= 0.6 is 0 Å². The van der Waals surface area contributed by atoms with E-state index in [0.29, 0.717) is 0 Å². The summed E-state index contributed by atoms with van der Waals surface area (Å²) in [6, 6.07) is -1.29. The molecule has 2 saturated carbocycles. The minimum absolute atomic E-state index is 0.0789. The lowest BCUT2D eigenvalue weighted by atomic mass is 9.97. The second-order valence-electron chi connectivity index (χ2n) is 5.87. The number of carbonyl (C=O) groups is 2. The second kappa shape index (κ2) is 7.62. The van der Waals surface area contributed by atoms with Crippen LogP contribution in [0.2, 0.25) is 0 Å². The molecule has 0 aromatic heterocycles. The van der Waals surface area contributed by atoms with Gasteiger partial charge in [-0.2, -0.15) is 0 Å². The van der Waals surface area contributed by atoms with Gasteiger partial charge in [0.15, 0.2) is 0 Å². The molecular weight excluding hydrogens is 258 g/mol. The van der Waals surface area contributed by atoms with Gasteiger partial charge in [-0.05, 0) is 51.4 Å². The minimum atomic E-state index is -1.29. The fraction of sp³-hybridized carbons (Fsp3) is 0.867. The lowest BCUT2D eigenvalue weighted by Crippen LogP contribution is -2.44. The molecule has 5 nitrogen and oxygen atoms in total. The molecule has 0 radical (unpaired) electrons. The Morgan fingerprint density at radius 1 is 0.750 bits per heavy atom. The molecule has 0 aromatic carbocycles.